The summed E-state index contributed by atoms with van der Waals surface area (Å²) < 4.78 is 5.39. The van der Waals surface area contributed by atoms with Crippen molar-refractivity contribution in [3.05, 3.63) is 81.9 Å². The van der Waals surface area contributed by atoms with Crippen molar-refractivity contribution >= 4 is 11.8 Å². The molecule has 0 saturated carbocycles. The van der Waals surface area contributed by atoms with Crippen molar-refractivity contribution in [2.24, 2.45) is 5.73 Å². The van der Waals surface area contributed by atoms with Crippen LogP contribution in [0.2, 0.25) is 0 Å². The molecule has 0 atom stereocenters. The smallest absolute Gasteiger partial charge is 0.254 e. The summed E-state index contributed by atoms with van der Waals surface area (Å²) in [6.07, 6.45) is 3.60. The van der Waals surface area contributed by atoms with Crippen LogP contribution in [0.5, 0.6) is 0 Å². The maximum atomic E-state index is 13.1. The first kappa shape index (κ1) is 22.3. The Morgan fingerprint density at radius 1 is 0.917 bits per heavy atom. The molecule has 7 nitrogen and oxygen atoms in total. The Morgan fingerprint density at radius 2 is 1.72 bits per heavy atom. The Hall–Kier alpha value is -4.15. The minimum atomic E-state index is -0.449. The summed E-state index contributed by atoms with van der Waals surface area (Å²) >= 11 is 0. The standard InChI is InChI=1S/C29H26N4O3/c30-17-32-9-8-21-19(16-32)2-1-3-23(21)24-6-7-25(28(31)34)26-15-20-14-18(4-5-22(20)27(24)26)29(35)33-10-12-36-13-11-33/h1-7,14H,8-13,15-16H2,(H2,31,34). The van der Waals surface area contributed by atoms with E-state index < -0.39 is 5.91 Å². The van der Waals surface area contributed by atoms with E-state index in [2.05, 4.69) is 18.3 Å². The van der Waals surface area contributed by atoms with E-state index in [0.29, 0.717) is 56.9 Å². The van der Waals surface area contributed by atoms with Crippen LogP contribution in [0.15, 0.2) is 48.5 Å². The van der Waals surface area contributed by atoms with Crippen LogP contribution in [-0.4, -0.2) is 54.5 Å². The number of carbonyl (C=O) groups is 2. The fourth-order valence-corrected chi connectivity index (χ4v) is 5.80. The zero-order chi connectivity index (χ0) is 24.8. The molecule has 2 heterocycles. The molecule has 3 aliphatic rings. The van der Waals surface area contributed by atoms with Crippen LogP contribution in [-0.2, 0) is 24.1 Å². The van der Waals surface area contributed by atoms with Gasteiger partial charge in [-0.25, -0.2) is 0 Å². The van der Waals surface area contributed by atoms with Crippen LogP contribution >= 0.6 is 0 Å². The molecule has 0 radical (unpaired) electrons. The molecule has 3 aromatic carbocycles. The van der Waals surface area contributed by atoms with Crippen LogP contribution < -0.4 is 5.73 Å². The highest BCUT2D eigenvalue weighted by Gasteiger charge is 2.29. The molecule has 0 bridgehead atoms. The SMILES string of the molecule is N#CN1CCc2c(cccc2-c2ccc(C(N)=O)c3c2-c2ccc(C(=O)N4CCOCC4)cc2C3)C1. The molecule has 0 spiro atoms. The van der Waals surface area contributed by atoms with Gasteiger partial charge in [0.15, 0.2) is 6.19 Å². The molecule has 0 aromatic heterocycles. The molecular formula is C29H26N4O3. The van der Waals surface area contributed by atoms with E-state index in [4.69, 9.17) is 10.5 Å². The average Bonchev–Trinajstić information content (AvgIpc) is 3.30. The molecule has 1 fully saturated rings. The van der Waals surface area contributed by atoms with Gasteiger partial charge in [-0.3, -0.25) is 9.59 Å². The Kier molecular flexibility index (Phi) is 5.46. The third kappa shape index (κ3) is 3.62. The molecular weight excluding hydrogens is 452 g/mol. The van der Waals surface area contributed by atoms with Gasteiger partial charge in [0.2, 0.25) is 5.91 Å². The van der Waals surface area contributed by atoms with E-state index in [1.54, 1.807) is 4.90 Å². The lowest BCUT2D eigenvalue weighted by molar-refractivity contribution is 0.0303. The number of amides is 2. The number of nitrogens with zero attached hydrogens (tertiary/aromatic N) is 3. The summed E-state index contributed by atoms with van der Waals surface area (Å²) in [5, 5.41) is 9.37. The molecule has 2 aliphatic heterocycles. The van der Waals surface area contributed by atoms with Gasteiger partial charge in [-0.05, 0) is 75.5 Å². The number of carbonyl (C=O) groups excluding carboxylic acids is 2. The van der Waals surface area contributed by atoms with Gasteiger partial charge >= 0.3 is 0 Å². The molecule has 1 saturated heterocycles. The van der Waals surface area contributed by atoms with Crippen LogP contribution in [0.25, 0.3) is 22.3 Å². The lowest BCUT2D eigenvalue weighted by Gasteiger charge is -2.27. The predicted octanol–water partition coefficient (Wildman–Crippen LogP) is 3.34. The van der Waals surface area contributed by atoms with Crippen molar-refractivity contribution in [1.29, 1.82) is 5.26 Å². The molecule has 7 heteroatoms. The van der Waals surface area contributed by atoms with Crippen molar-refractivity contribution in [3.8, 4) is 28.4 Å². The molecule has 2 N–H and O–H groups in total. The number of fused-ring (bicyclic) bond motifs is 4. The van der Waals surface area contributed by atoms with Crippen LogP contribution in [0.3, 0.4) is 0 Å². The third-order valence-electron chi connectivity index (χ3n) is 7.56. The minimum absolute atomic E-state index is 0.00609. The fourth-order valence-electron chi connectivity index (χ4n) is 5.80. The lowest BCUT2D eigenvalue weighted by atomic mass is 9.85. The second kappa shape index (κ2) is 8.81. The normalized spacial score (nSPS) is 16.1. The maximum absolute atomic E-state index is 13.1. The number of nitriles is 1. The zero-order valence-electron chi connectivity index (χ0n) is 19.9. The molecule has 36 heavy (non-hydrogen) atoms. The maximum Gasteiger partial charge on any atom is 0.254 e. The summed E-state index contributed by atoms with van der Waals surface area (Å²) in [6.45, 7) is 3.58. The Labute approximate surface area is 209 Å². The molecule has 0 unspecified atom stereocenters. The first-order chi connectivity index (χ1) is 17.5. The predicted molar refractivity (Wildman–Crippen MR) is 135 cm³/mol. The second-order valence-corrected chi connectivity index (χ2v) is 9.55. The molecule has 1 aliphatic carbocycles. The first-order valence-corrected chi connectivity index (χ1v) is 12.3. The third-order valence-corrected chi connectivity index (χ3v) is 7.56. The van der Waals surface area contributed by atoms with Crippen molar-refractivity contribution in [2.45, 2.75) is 19.4 Å². The van der Waals surface area contributed by atoms with Crippen molar-refractivity contribution in [2.75, 3.05) is 32.8 Å². The molecule has 6 rings (SSSR count). The summed E-state index contributed by atoms with van der Waals surface area (Å²) in [7, 11) is 0. The molecule has 180 valence electrons. The average molecular weight is 479 g/mol. The minimum Gasteiger partial charge on any atom is -0.378 e. The van der Waals surface area contributed by atoms with Crippen LogP contribution in [0.1, 0.15) is 43.0 Å². The van der Waals surface area contributed by atoms with E-state index in [0.717, 1.165) is 45.4 Å². The highest BCUT2D eigenvalue weighted by Crippen LogP contribution is 2.46. The number of primary amides is 1. The Morgan fingerprint density at radius 3 is 2.50 bits per heavy atom. The summed E-state index contributed by atoms with van der Waals surface area (Å²) in [5.74, 6) is -0.443. The second-order valence-electron chi connectivity index (χ2n) is 9.55. The monoisotopic (exact) mass is 478 g/mol. The zero-order valence-corrected chi connectivity index (χ0v) is 19.9. The number of hydrogen-bond acceptors (Lipinski definition) is 5. The van der Waals surface area contributed by atoms with E-state index in [1.807, 2.05) is 41.3 Å². The van der Waals surface area contributed by atoms with Gasteiger partial charge in [-0.2, -0.15) is 5.26 Å². The number of rotatable bonds is 3. The van der Waals surface area contributed by atoms with Gasteiger partial charge < -0.3 is 20.3 Å². The highest BCUT2D eigenvalue weighted by molar-refractivity contribution is 6.03. The Bertz CT molecular complexity index is 1450. The van der Waals surface area contributed by atoms with Gasteiger partial charge in [-0.1, -0.05) is 30.3 Å². The lowest BCUT2D eigenvalue weighted by Crippen LogP contribution is -2.40. The molecule has 3 aromatic rings. The number of ether oxygens (including phenoxy) is 1. The summed E-state index contributed by atoms with van der Waals surface area (Å²) in [5.41, 5.74) is 15.5. The van der Waals surface area contributed by atoms with Gasteiger partial charge in [0.05, 0.1) is 19.8 Å². The first-order valence-electron chi connectivity index (χ1n) is 12.3. The van der Waals surface area contributed by atoms with Crippen LogP contribution in [0.4, 0.5) is 0 Å². The van der Waals surface area contributed by atoms with E-state index in [-0.39, 0.29) is 5.91 Å². The van der Waals surface area contributed by atoms with Crippen molar-refractivity contribution < 1.29 is 14.3 Å². The van der Waals surface area contributed by atoms with E-state index >= 15 is 0 Å². The number of morpholine rings is 1. The Balaban J connectivity index is 1.46. The summed E-state index contributed by atoms with van der Waals surface area (Å²) in [6, 6.07) is 15.9. The fraction of sp³-hybridized carbons (Fsp3) is 0.276. The van der Waals surface area contributed by atoms with E-state index in [1.165, 1.54) is 5.56 Å². The quantitative estimate of drug-likeness (QED) is 0.456. The van der Waals surface area contributed by atoms with Gasteiger partial charge in [0.1, 0.15) is 0 Å². The number of benzene rings is 3. The van der Waals surface area contributed by atoms with Crippen molar-refractivity contribution in [1.82, 2.24) is 9.80 Å². The number of nitrogens with two attached hydrogens (primary N) is 1. The van der Waals surface area contributed by atoms with Crippen LogP contribution in [0, 0.1) is 11.5 Å². The number of hydrogen-bond donors (Lipinski definition) is 1. The van der Waals surface area contributed by atoms with Gasteiger partial charge in [0.25, 0.3) is 5.91 Å². The topological polar surface area (TPSA) is 99.7 Å². The van der Waals surface area contributed by atoms with Gasteiger partial charge in [0, 0.05) is 30.8 Å². The van der Waals surface area contributed by atoms with Crippen molar-refractivity contribution in [3.63, 3.8) is 0 Å². The highest BCUT2D eigenvalue weighted by atomic mass is 16.5. The molecule has 2 amide bonds. The van der Waals surface area contributed by atoms with Gasteiger partial charge in [-0.15, -0.1) is 0 Å². The summed E-state index contributed by atoms with van der Waals surface area (Å²) in [4.78, 5) is 29.1. The largest absolute Gasteiger partial charge is 0.378 e. The van der Waals surface area contributed by atoms with E-state index in [9.17, 15) is 14.9 Å².